The highest BCUT2D eigenvalue weighted by Gasteiger charge is 2.49. The van der Waals surface area contributed by atoms with Gasteiger partial charge in [0.2, 0.25) is 0 Å². The molecule has 0 spiro atoms. The lowest BCUT2D eigenvalue weighted by molar-refractivity contribution is 0.00578. The molecule has 0 aromatic heterocycles. The van der Waals surface area contributed by atoms with E-state index in [1.54, 1.807) is 24.2 Å². The molecule has 20 heavy (non-hydrogen) atoms. The SMILES string of the molecule is CC1(C)OB(/C=C/c2ccc(C#N)cc2F)OC1(C)C. The minimum Gasteiger partial charge on any atom is -0.400 e. The third kappa shape index (κ3) is 2.77. The van der Waals surface area contributed by atoms with E-state index in [-0.39, 0.29) is 0 Å². The first-order valence-corrected chi connectivity index (χ1v) is 6.49. The Morgan fingerprint density at radius 3 is 2.30 bits per heavy atom. The zero-order valence-corrected chi connectivity index (χ0v) is 12.1. The van der Waals surface area contributed by atoms with Gasteiger partial charge in [-0.3, -0.25) is 0 Å². The van der Waals surface area contributed by atoms with Crippen molar-refractivity contribution in [1.82, 2.24) is 0 Å². The predicted octanol–water partition coefficient (Wildman–Crippen LogP) is 3.34. The van der Waals surface area contributed by atoms with Crippen LogP contribution in [0.3, 0.4) is 0 Å². The molecule has 0 saturated carbocycles. The monoisotopic (exact) mass is 273 g/mol. The van der Waals surface area contributed by atoms with Crippen LogP contribution in [-0.4, -0.2) is 18.3 Å². The molecule has 1 fully saturated rings. The van der Waals surface area contributed by atoms with E-state index < -0.39 is 24.1 Å². The quantitative estimate of drug-likeness (QED) is 0.776. The molecular weight excluding hydrogens is 256 g/mol. The molecule has 104 valence electrons. The van der Waals surface area contributed by atoms with E-state index in [1.165, 1.54) is 6.07 Å². The fourth-order valence-electron chi connectivity index (χ4n) is 1.88. The Morgan fingerprint density at radius 2 is 1.80 bits per heavy atom. The maximum absolute atomic E-state index is 13.7. The van der Waals surface area contributed by atoms with E-state index >= 15 is 0 Å². The fraction of sp³-hybridized carbons (Fsp3) is 0.400. The molecule has 0 unspecified atom stereocenters. The number of nitriles is 1. The van der Waals surface area contributed by atoms with Gasteiger partial charge < -0.3 is 9.31 Å². The average Bonchev–Trinajstić information content (AvgIpc) is 2.56. The van der Waals surface area contributed by atoms with Gasteiger partial charge in [-0.2, -0.15) is 5.26 Å². The van der Waals surface area contributed by atoms with Gasteiger partial charge in [-0.1, -0.05) is 18.1 Å². The third-order valence-corrected chi connectivity index (χ3v) is 3.83. The van der Waals surface area contributed by atoms with Crippen molar-refractivity contribution in [2.75, 3.05) is 0 Å². The summed E-state index contributed by atoms with van der Waals surface area (Å²) in [7, 11) is -0.505. The van der Waals surface area contributed by atoms with Gasteiger partial charge in [0.15, 0.2) is 0 Å². The number of hydrogen-bond donors (Lipinski definition) is 0. The standard InChI is InChI=1S/C15H17BFNO2/c1-14(2)15(3,4)20-16(19-14)8-7-12-6-5-11(10-18)9-13(12)17/h5-9H,1-4H3/b8-7+. The van der Waals surface area contributed by atoms with Crippen LogP contribution in [0.1, 0.15) is 38.8 Å². The molecule has 2 rings (SSSR count). The van der Waals surface area contributed by atoms with Gasteiger partial charge in [-0.05, 0) is 39.8 Å². The van der Waals surface area contributed by atoms with Gasteiger partial charge in [0.1, 0.15) is 5.82 Å². The van der Waals surface area contributed by atoms with E-state index in [0.717, 1.165) is 0 Å². The van der Waals surface area contributed by atoms with Gasteiger partial charge in [-0.15, -0.1) is 0 Å². The smallest absolute Gasteiger partial charge is 0.400 e. The van der Waals surface area contributed by atoms with Crippen LogP contribution in [-0.2, 0) is 9.31 Å². The number of benzene rings is 1. The van der Waals surface area contributed by atoms with Crippen molar-refractivity contribution in [2.45, 2.75) is 38.9 Å². The molecule has 5 heteroatoms. The van der Waals surface area contributed by atoms with E-state index in [9.17, 15) is 4.39 Å². The van der Waals surface area contributed by atoms with Crippen LogP contribution in [0, 0.1) is 17.1 Å². The first kappa shape index (κ1) is 14.8. The molecule has 0 aliphatic carbocycles. The fourth-order valence-corrected chi connectivity index (χ4v) is 1.88. The Labute approximate surface area is 119 Å². The highest BCUT2D eigenvalue weighted by atomic mass is 19.1. The lowest BCUT2D eigenvalue weighted by Gasteiger charge is -2.32. The minimum atomic E-state index is -0.505. The molecule has 1 heterocycles. The summed E-state index contributed by atoms with van der Waals surface area (Å²) in [5, 5.41) is 8.70. The summed E-state index contributed by atoms with van der Waals surface area (Å²) in [5.41, 5.74) is -0.120. The number of halogens is 1. The summed E-state index contributed by atoms with van der Waals surface area (Å²) < 4.78 is 25.3. The Morgan fingerprint density at radius 1 is 1.20 bits per heavy atom. The lowest BCUT2D eigenvalue weighted by atomic mass is 9.89. The topological polar surface area (TPSA) is 42.2 Å². The Balaban J connectivity index is 2.14. The van der Waals surface area contributed by atoms with Crippen molar-refractivity contribution < 1.29 is 13.7 Å². The van der Waals surface area contributed by atoms with Gasteiger partial charge >= 0.3 is 7.12 Å². The van der Waals surface area contributed by atoms with Crippen LogP contribution in [0.25, 0.3) is 6.08 Å². The molecular formula is C15H17BFNO2. The molecule has 0 amide bonds. The maximum atomic E-state index is 13.7. The molecule has 0 bridgehead atoms. The predicted molar refractivity (Wildman–Crippen MR) is 76.2 cm³/mol. The molecule has 1 saturated heterocycles. The van der Waals surface area contributed by atoms with Crippen LogP contribution in [0.5, 0.6) is 0 Å². The van der Waals surface area contributed by atoms with Gasteiger partial charge in [-0.25, -0.2) is 4.39 Å². The van der Waals surface area contributed by atoms with Crippen molar-refractivity contribution in [2.24, 2.45) is 0 Å². The molecule has 1 aromatic rings. The van der Waals surface area contributed by atoms with Crippen molar-refractivity contribution >= 4 is 13.2 Å². The summed E-state index contributed by atoms with van der Waals surface area (Å²) in [5.74, 6) is 1.25. The average molecular weight is 273 g/mol. The second-order valence-electron chi connectivity index (χ2n) is 5.83. The van der Waals surface area contributed by atoms with E-state index in [0.29, 0.717) is 11.1 Å². The number of rotatable bonds is 2. The summed E-state index contributed by atoms with van der Waals surface area (Å²) in [6.45, 7) is 7.85. The summed E-state index contributed by atoms with van der Waals surface area (Å²) in [6, 6.07) is 6.25. The second-order valence-corrected chi connectivity index (χ2v) is 5.83. The van der Waals surface area contributed by atoms with Gasteiger partial charge in [0.05, 0.1) is 22.8 Å². The third-order valence-electron chi connectivity index (χ3n) is 3.83. The molecule has 1 aliphatic heterocycles. The highest BCUT2D eigenvalue weighted by Crippen LogP contribution is 2.37. The van der Waals surface area contributed by atoms with Crippen LogP contribution in [0.2, 0.25) is 0 Å². The van der Waals surface area contributed by atoms with Crippen molar-refractivity contribution in [1.29, 1.82) is 5.26 Å². The maximum Gasteiger partial charge on any atom is 0.487 e. The molecule has 1 aromatic carbocycles. The lowest BCUT2D eigenvalue weighted by Crippen LogP contribution is -2.41. The first-order chi connectivity index (χ1) is 9.25. The Bertz CT molecular complexity index is 574. The van der Waals surface area contributed by atoms with E-state index in [2.05, 4.69) is 0 Å². The highest BCUT2D eigenvalue weighted by molar-refractivity contribution is 6.52. The first-order valence-electron chi connectivity index (χ1n) is 6.49. The zero-order chi connectivity index (χ0) is 15.0. The van der Waals surface area contributed by atoms with Crippen molar-refractivity contribution in [3.63, 3.8) is 0 Å². The van der Waals surface area contributed by atoms with Crippen LogP contribution in [0.4, 0.5) is 4.39 Å². The summed E-state index contributed by atoms with van der Waals surface area (Å²) >= 11 is 0. The number of hydrogen-bond acceptors (Lipinski definition) is 3. The van der Waals surface area contributed by atoms with Crippen LogP contribution in [0.15, 0.2) is 24.2 Å². The second kappa shape index (κ2) is 5.04. The number of nitrogens with zero attached hydrogens (tertiary/aromatic N) is 1. The van der Waals surface area contributed by atoms with Crippen LogP contribution >= 0.6 is 0 Å². The molecule has 0 N–H and O–H groups in total. The Kier molecular flexibility index (Phi) is 3.72. The summed E-state index contributed by atoms with van der Waals surface area (Å²) in [4.78, 5) is 0. The zero-order valence-electron chi connectivity index (χ0n) is 12.1. The molecule has 0 atom stereocenters. The molecule has 1 aliphatic rings. The van der Waals surface area contributed by atoms with Crippen LogP contribution < -0.4 is 0 Å². The van der Waals surface area contributed by atoms with E-state index in [1.807, 2.05) is 33.8 Å². The molecule has 3 nitrogen and oxygen atoms in total. The van der Waals surface area contributed by atoms with Crippen molar-refractivity contribution in [3.8, 4) is 6.07 Å². The van der Waals surface area contributed by atoms with Gasteiger partial charge in [0, 0.05) is 5.56 Å². The normalized spacial score (nSPS) is 20.3. The van der Waals surface area contributed by atoms with E-state index in [4.69, 9.17) is 14.6 Å². The Hall–Kier alpha value is -1.64. The van der Waals surface area contributed by atoms with Gasteiger partial charge in [0.25, 0.3) is 0 Å². The van der Waals surface area contributed by atoms with Crippen molar-refractivity contribution in [3.05, 3.63) is 41.1 Å². The largest absolute Gasteiger partial charge is 0.487 e. The summed E-state index contributed by atoms with van der Waals surface area (Å²) in [6.07, 6.45) is 1.61. The molecule has 0 radical (unpaired) electrons. The minimum absolute atomic E-state index is 0.301.